The molecule has 2 heterocycles. The lowest BCUT2D eigenvalue weighted by atomic mass is 10.2. The molecule has 0 saturated carbocycles. The van der Waals surface area contributed by atoms with Gasteiger partial charge < -0.3 is 5.11 Å². The third kappa shape index (κ3) is 3.44. The first-order valence-corrected chi connectivity index (χ1v) is 6.86. The topological polar surface area (TPSA) is 53.4 Å². The smallest absolute Gasteiger partial charge is 0.321 e. The van der Waals surface area contributed by atoms with E-state index in [1.54, 1.807) is 18.0 Å². The van der Waals surface area contributed by atoms with E-state index < -0.39 is 5.97 Å². The van der Waals surface area contributed by atoms with Gasteiger partial charge in [0, 0.05) is 37.0 Å². The van der Waals surface area contributed by atoms with Crippen molar-refractivity contribution in [1.29, 1.82) is 0 Å². The quantitative estimate of drug-likeness (QED) is 0.870. The third-order valence-corrected chi connectivity index (χ3v) is 3.96. The first-order valence-electron chi connectivity index (χ1n) is 5.71. The molecule has 17 heavy (non-hydrogen) atoms. The van der Waals surface area contributed by atoms with Gasteiger partial charge >= 0.3 is 5.97 Å². The van der Waals surface area contributed by atoms with Gasteiger partial charge in [-0.3, -0.25) is 14.7 Å². The Morgan fingerprint density at radius 1 is 1.65 bits per heavy atom. The SMILES string of the molecule is O=C(O)C1CSCCN1CCc1cccnc1. The molecule has 1 aliphatic heterocycles. The molecule has 1 saturated heterocycles. The lowest BCUT2D eigenvalue weighted by Gasteiger charge is -2.32. The summed E-state index contributed by atoms with van der Waals surface area (Å²) >= 11 is 1.72. The predicted molar refractivity (Wildman–Crippen MR) is 68.3 cm³/mol. The number of aromatic nitrogens is 1. The molecular formula is C12H16N2O2S. The highest BCUT2D eigenvalue weighted by Crippen LogP contribution is 2.17. The zero-order valence-electron chi connectivity index (χ0n) is 9.58. The number of pyridine rings is 1. The molecule has 2 rings (SSSR count). The van der Waals surface area contributed by atoms with E-state index in [0.29, 0.717) is 5.75 Å². The normalized spacial score (nSPS) is 21.3. The molecular weight excluding hydrogens is 236 g/mol. The Morgan fingerprint density at radius 3 is 3.24 bits per heavy atom. The number of carboxylic acids is 1. The van der Waals surface area contributed by atoms with Gasteiger partial charge in [0.05, 0.1) is 0 Å². The van der Waals surface area contributed by atoms with E-state index in [1.807, 2.05) is 18.3 Å². The van der Waals surface area contributed by atoms with Crippen LogP contribution in [0.5, 0.6) is 0 Å². The van der Waals surface area contributed by atoms with Crippen molar-refractivity contribution in [3.05, 3.63) is 30.1 Å². The predicted octanol–water partition coefficient (Wildman–Crippen LogP) is 1.13. The van der Waals surface area contributed by atoms with Crippen LogP contribution in [0.3, 0.4) is 0 Å². The summed E-state index contributed by atoms with van der Waals surface area (Å²) < 4.78 is 0. The number of hydrogen-bond donors (Lipinski definition) is 1. The number of rotatable bonds is 4. The van der Waals surface area contributed by atoms with Gasteiger partial charge in [0.1, 0.15) is 6.04 Å². The molecule has 0 bridgehead atoms. The van der Waals surface area contributed by atoms with Crippen LogP contribution in [0.25, 0.3) is 0 Å². The average Bonchev–Trinajstić information content (AvgIpc) is 2.38. The van der Waals surface area contributed by atoms with Crippen molar-refractivity contribution in [2.75, 3.05) is 24.6 Å². The highest BCUT2D eigenvalue weighted by molar-refractivity contribution is 7.99. The van der Waals surface area contributed by atoms with Gasteiger partial charge in [-0.15, -0.1) is 0 Å². The summed E-state index contributed by atoms with van der Waals surface area (Å²) in [4.78, 5) is 17.2. The van der Waals surface area contributed by atoms with Crippen molar-refractivity contribution < 1.29 is 9.90 Å². The van der Waals surface area contributed by atoms with Crippen LogP contribution in [0.1, 0.15) is 5.56 Å². The first-order chi connectivity index (χ1) is 8.27. The summed E-state index contributed by atoms with van der Waals surface area (Å²) in [6.07, 6.45) is 4.46. The molecule has 1 unspecified atom stereocenters. The van der Waals surface area contributed by atoms with E-state index in [9.17, 15) is 4.79 Å². The zero-order valence-corrected chi connectivity index (χ0v) is 10.4. The molecule has 0 radical (unpaired) electrons. The number of carboxylic acid groups (broad SMARTS) is 1. The molecule has 0 aromatic carbocycles. The van der Waals surface area contributed by atoms with E-state index >= 15 is 0 Å². The average molecular weight is 252 g/mol. The number of aliphatic carboxylic acids is 1. The zero-order chi connectivity index (χ0) is 12.1. The first kappa shape index (κ1) is 12.4. The van der Waals surface area contributed by atoms with Gasteiger partial charge in [0.2, 0.25) is 0 Å². The molecule has 0 aliphatic carbocycles. The van der Waals surface area contributed by atoms with E-state index in [-0.39, 0.29) is 6.04 Å². The fourth-order valence-electron chi connectivity index (χ4n) is 1.95. The molecule has 1 aliphatic rings. The summed E-state index contributed by atoms with van der Waals surface area (Å²) in [5.74, 6) is 1.02. The van der Waals surface area contributed by atoms with Crippen LogP contribution in [0.4, 0.5) is 0 Å². The van der Waals surface area contributed by atoms with Gasteiger partial charge in [-0.25, -0.2) is 0 Å². The maximum Gasteiger partial charge on any atom is 0.321 e. The Morgan fingerprint density at radius 2 is 2.53 bits per heavy atom. The molecule has 5 heteroatoms. The Bertz CT molecular complexity index is 372. The molecule has 0 amide bonds. The molecule has 1 aromatic heterocycles. The maximum atomic E-state index is 11.1. The van der Waals surface area contributed by atoms with Gasteiger partial charge in [-0.1, -0.05) is 6.07 Å². The highest BCUT2D eigenvalue weighted by Gasteiger charge is 2.28. The van der Waals surface area contributed by atoms with Crippen LogP contribution in [0.15, 0.2) is 24.5 Å². The maximum absolute atomic E-state index is 11.1. The molecule has 1 fully saturated rings. The molecule has 0 spiro atoms. The minimum atomic E-state index is -0.705. The molecule has 1 N–H and O–H groups in total. The van der Waals surface area contributed by atoms with Crippen LogP contribution in [-0.2, 0) is 11.2 Å². The minimum Gasteiger partial charge on any atom is -0.480 e. The number of thioether (sulfide) groups is 1. The highest BCUT2D eigenvalue weighted by atomic mass is 32.2. The molecule has 92 valence electrons. The van der Waals surface area contributed by atoms with Crippen molar-refractivity contribution in [2.45, 2.75) is 12.5 Å². The summed E-state index contributed by atoms with van der Waals surface area (Å²) in [5.41, 5.74) is 1.16. The molecule has 1 atom stereocenters. The monoisotopic (exact) mass is 252 g/mol. The number of nitrogens with zero attached hydrogens (tertiary/aromatic N) is 2. The summed E-state index contributed by atoms with van der Waals surface area (Å²) in [5, 5.41) is 9.14. The van der Waals surface area contributed by atoms with Crippen LogP contribution >= 0.6 is 11.8 Å². The van der Waals surface area contributed by atoms with Gasteiger partial charge in [0.25, 0.3) is 0 Å². The van der Waals surface area contributed by atoms with Crippen molar-refractivity contribution in [3.63, 3.8) is 0 Å². The van der Waals surface area contributed by atoms with E-state index in [0.717, 1.165) is 30.8 Å². The van der Waals surface area contributed by atoms with Crippen molar-refractivity contribution in [1.82, 2.24) is 9.88 Å². The molecule has 1 aromatic rings. The standard InChI is InChI=1S/C12H16N2O2S/c15-12(16)11-9-17-7-6-14(11)5-3-10-2-1-4-13-8-10/h1-2,4,8,11H,3,5-7,9H2,(H,15,16). The second-order valence-corrected chi connectivity index (χ2v) is 5.23. The lowest BCUT2D eigenvalue weighted by Crippen LogP contribution is -2.47. The fourth-order valence-corrected chi connectivity index (χ4v) is 3.06. The number of carbonyl (C=O) groups is 1. The van der Waals surface area contributed by atoms with Crippen molar-refractivity contribution >= 4 is 17.7 Å². The summed E-state index contributed by atoms with van der Waals surface area (Å²) in [6, 6.07) is 3.61. The van der Waals surface area contributed by atoms with E-state index in [2.05, 4.69) is 9.88 Å². The van der Waals surface area contributed by atoms with Crippen LogP contribution in [0.2, 0.25) is 0 Å². The van der Waals surface area contributed by atoms with Crippen LogP contribution in [0, 0.1) is 0 Å². The third-order valence-electron chi connectivity index (χ3n) is 2.93. The van der Waals surface area contributed by atoms with Crippen molar-refractivity contribution in [3.8, 4) is 0 Å². The van der Waals surface area contributed by atoms with Gasteiger partial charge in [0.15, 0.2) is 0 Å². The summed E-state index contributed by atoms with van der Waals surface area (Å²) in [6.45, 7) is 1.66. The Kier molecular flexibility index (Phi) is 4.39. The van der Waals surface area contributed by atoms with Crippen LogP contribution < -0.4 is 0 Å². The molecule has 4 nitrogen and oxygen atoms in total. The Balaban J connectivity index is 1.90. The Labute approximate surface area is 105 Å². The van der Waals surface area contributed by atoms with E-state index in [1.165, 1.54) is 0 Å². The number of hydrogen-bond acceptors (Lipinski definition) is 4. The second kappa shape index (κ2) is 6.02. The lowest BCUT2D eigenvalue weighted by molar-refractivity contribution is -0.142. The fraction of sp³-hybridized carbons (Fsp3) is 0.500. The van der Waals surface area contributed by atoms with Crippen LogP contribution in [-0.4, -0.2) is 51.6 Å². The van der Waals surface area contributed by atoms with E-state index in [4.69, 9.17) is 5.11 Å². The summed E-state index contributed by atoms with van der Waals surface area (Å²) in [7, 11) is 0. The van der Waals surface area contributed by atoms with Crippen molar-refractivity contribution in [2.24, 2.45) is 0 Å². The second-order valence-electron chi connectivity index (χ2n) is 4.08. The Hall–Kier alpha value is -1.07. The minimum absolute atomic E-state index is 0.328. The van der Waals surface area contributed by atoms with Gasteiger partial charge in [-0.05, 0) is 18.1 Å². The van der Waals surface area contributed by atoms with Gasteiger partial charge in [-0.2, -0.15) is 11.8 Å². The largest absolute Gasteiger partial charge is 0.480 e.